The minimum absolute atomic E-state index is 0.0787. The van der Waals surface area contributed by atoms with E-state index in [1.54, 1.807) is 24.3 Å². The molecule has 0 saturated heterocycles. The summed E-state index contributed by atoms with van der Waals surface area (Å²) in [5.41, 5.74) is 0.636. The van der Waals surface area contributed by atoms with Crippen molar-refractivity contribution < 1.29 is 19.4 Å². The van der Waals surface area contributed by atoms with E-state index in [0.29, 0.717) is 18.9 Å². The Labute approximate surface area is 129 Å². The minimum atomic E-state index is -0.615. The van der Waals surface area contributed by atoms with Crippen LogP contribution in [-0.4, -0.2) is 34.1 Å². The molecule has 0 fully saturated rings. The Balaban J connectivity index is 2.13. The lowest BCUT2D eigenvalue weighted by atomic mass is 10.3. The molecule has 2 rings (SSSR count). The predicted molar refractivity (Wildman–Crippen MR) is 81.6 cm³/mol. The van der Waals surface area contributed by atoms with E-state index in [2.05, 4.69) is 5.10 Å². The average molecular weight is 304 g/mol. The number of carbonyl (C=O) groups excluding carboxylic acids is 1. The molecule has 0 aliphatic carbocycles. The van der Waals surface area contributed by atoms with E-state index in [4.69, 9.17) is 9.47 Å². The first-order chi connectivity index (χ1) is 10.7. The molecule has 0 aliphatic heterocycles. The predicted octanol–water partition coefficient (Wildman–Crippen LogP) is 2.93. The van der Waals surface area contributed by atoms with E-state index >= 15 is 0 Å². The molecule has 0 saturated carbocycles. The monoisotopic (exact) mass is 304 g/mol. The average Bonchev–Trinajstić information content (AvgIpc) is 2.90. The third kappa shape index (κ3) is 3.78. The van der Waals surface area contributed by atoms with Crippen molar-refractivity contribution in [3.63, 3.8) is 0 Å². The number of rotatable bonds is 7. The first kappa shape index (κ1) is 15.9. The van der Waals surface area contributed by atoms with Gasteiger partial charge in [0.1, 0.15) is 5.75 Å². The van der Waals surface area contributed by atoms with Gasteiger partial charge in [-0.25, -0.2) is 9.48 Å². The molecule has 2 aromatic rings. The number of aromatic nitrogens is 2. The van der Waals surface area contributed by atoms with E-state index in [1.165, 1.54) is 10.9 Å². The SMILES string of the molecule is CCCCOC(=O)c1nn(-c2ccc(OCC)cc2)cc1O. The lowest BCUT2D eigenvalue weighted by Gasteiger charge is -2.04. The summed E-state index contributed by atoms with van der Waals surface area (Å²) < 4.78 is 11.9. The maximum absolute atomic E-state index is 11.8. The first-order valence-electron chi connectivity index (χ1n) is 7.34. The summed E-state index contributed by atoms with van der Waals surface area (Å²) in [6.45, 7) is 4.84. The van der Waals surface area contributed by atoms with Crippen molar-refractivity contribution >= 4 is 5.97 Å². The fourth-order valence-corrected chi connectivity index (χ4v) is 1.88. The van der Waals surface area contributed by atoms with Crippen LogP contribution in [0.5, 0.6) is 11.5 Å². The molecule has 0 radical (unpaired) electrons. The van der Waals surface area contributed by atoms with E-state index in [-0.39, 0.29) is 11.4 Å². The van der Waals surface area contributed by atoms with Crippen LogP contribution < -0.4 is 4.74 Å². The molecule has 6 heteroatoms. The molecule has 0 bridgehead atoms. The number of nitrogens with zero attached hydrogens (tertiary/aromatic N) is 2. The highest BCUT2D eigenvalue weighted by Gasteiger charge is 2.18. The molecule has 0 unspecified atom stereocenters. The molecule has 22 heavy (non-hydrogen) atoms. The van der Waals surface area contributed by atoms with Crippen LogP contribution in [0.4, 0.5) is 0 Å². The number of aromatic hydroxyl groups is 1. The Hall–Kier alpha value is -2.50. The van der Waals surface area contributed by atoms with Crippen molar-refractivity contribution in [2.75, 3.05) is 13.2 Å². The fraction of sp³-hybridized carbons (Fsp3) is 0.375. The van der Waals surface area contributed by atoms with Gasteiger partial charge in [0.25, 0.3) is 0 Å². The van der Waals surface area contributed by atoms with Gasteiger partial charge in [-0.2, -0.15) is 5.10 Å². The lowest BCUT2D eigenvalue weighted by molar-refractivity contribution is 0.0489. The smallest absolute Gasteiger partial charge is 0.362 e. The largest absolute Gasteiger partial charge is 0.504 e. The quantitative estimate of drug-likeness (QED) is 0.629. The Morgan fingerprint density at radius 2 is 2.00 bits per heavy atom. The zero-order chi connectivity index (χ0) is 15.9. The molecule has 1 N–H and O–H groups in total. The van der Waals surface area contributed by atoms with E-state index in [1.807, 2.05) is 13.8 Å². The van der Waals surface area contributed by atoms with Crippen LogP contribution in [0.3, 0.4) is 0 Å². The van der Waals surface area contributed by atoms with E-state index in [9.17, 15) is 9.90 Å². The van der Waals surface area contributed by atoms with Crippen molar-refractivity contribution in [1.29, 1.82) is 0 Å². The van der Waals surface area contributed by atoms with Gasteiger partial charge in [0.2, 0.25) is 5.69 Å². The van der Waals surface area contributed by atoms with Gasteiger partial charge in [0.05, 0.1) is 25.1 Å². The van der Waals surface area contributed by atoms with Crippen LogP contribution in [0, 0.1) is 0 Å². The van der Waals surface area contributed by atoms with Crippen LogP contribution in [0.2, 0.25) is 0 Å². The van der Waals surface area contributed by atoms with Gasteiger partial charge in [0, 0.05) is 0 Å². The number of carbonyl (C=O) groups is 1. The number of ether oxygens (including phenoxy) is 2. The standard InChI is InChI=1S/C16H20N2O4/c1-3-5-10-22-16(20)15-14(19)11-18(17-15)12-6-8-13(9-7-12)21-4-2/h6-9,11,19H,3-5,10H2,1-2H3. The number of esters is 1. The third-order valence-corrected chi connectivity index (χ3v) is 3.03. The molecule has 1 aromatic carbocycles. The topological polar surface area (TPSA) is 73.6 Å². The Morgan fingerprint density at radius 1 is 1.27 bits per heavy atom. The molecule has 0 atom stereocenters. The zero-order valence-corrected chi connectivity index (χ0v) is 12.8. The molecule has 1 aromatic heterocycles. The molecule has 0 amide bonds. The van der Waals surface area contributed by atoms with Gasteiger partial charge in [-0.1, -0.05) is 13.3 Å². The number of hydrogen-bond acceptors (Lipinski definition) is 5. The highest BCUT2D eigenvalue weighted by Crippen LogP contribution is 2.21. The van der Waals surface area contributed by atoms with Gasteiger partial charge in [-0.3, -0.25) is 0 Å². The highest BCUT2D eigenvalue weighted by atomic mass is 16.5. The molecule has 1 heterocycles. The summed E-state index contributed by atoms with van der Waals surface area (Å²) in [5.74, 6) is -0.0622. The summed E-state index contributed by atoms with van der Waals surface area (Å²) in [4.78, 5) is 11.8. The second-order valence-corrected chi connectivity index (χ2v) is 4.72. The van der Waals surface area contributed by atoms with Crippen LogP contribution in [0.15, 0.2) is 30.5 Å². The molecule has 0 spiro atoms. The van der Waals surface area contributed by atoms with Gasteiger partial charge < -0.3 is 14.6 Å². The second kappa shape index (κ2) is 7.49. The minimum Gasteiger partial charge on any atom is -0.504 e. The maximum Gasteiger partial charge on any atom is 0.362 e. The van der Waals surface area contributed by atoms with Crippen molar-refractivity contribution in [2.24, 2.45) is 0 Å². The maximum atomic E-state index is 11.8. The number of benzene rings is 1. The zero-order valence-electron chi connectivity index (χ0n) is 12.8. The normalized spacial score (nSPS) is 10.5. The van der Waals surface area contributed by atoms with Crippen LogP contribution in [0.25, 0.3) is 5.69 Å². The summed E-state index contributed by atoms with van der Waals surface area (Å²) in [5, 5.41) is 13.9. The highest BCUT2D eigenvalue weighted by molar-refractivity contribution is 5.90. The first-order valence-corrected chi connectivity index (χ1v) is 7.34. The molecular formula is C16H20N2O4. The number of unbranched alkanes of at least 4 members (excludes halogenated alkanes) is 1. The van der Waals surface area contributed by atoms with Crippen molar-refractivity contribution in [3.05, 3.63) is 36.2 Å². The summed E-state index contributed by atoms with van der Waals surface area (Å²) in [6, 6.07) is 7.20. The van der Waals surface area contributed by atoms with E-state index < -0.39 is 5.97 Å². The van der Waals surface area contributed by atoms with Gasteiger partial charge >= 0.3 is 5.97 Å². The molecule has 6 nitrogen and oxygen atoms in total. The van der Waals surface area contributed by atoms with Crippen molar-refractivity contribution in [2.45, 2.75) is 26.7 Å². The Bertz CT molecular complexity index is 620. The summed E-state index contributed by atoms with van der Waals surface area (Å²) in [6.07, 6.45) is 3.10. The third-order valence-electron chi connectivity index (χ3n) is 3.03. The fourth-order valence-electron chi connectivity index (χ4n) is 1.88. The summed E-state index contributed by atoms with van der Waals surface area (Å²) >= 11 is 0. The van der Waals surface area contributed by atoms with Crippen molar-refractivity contribution in [1.82, 2.24) is 9.78 Å². The Morgan fingerprint density at radius 3 is 2.64 bits per heavy atom. The van der Waals surface area contributed by atoms with Crippen LogP contribution in [0.1, 0.15) is 37.2 Å². The second-order valence-electron chi connectivity index (χ2n) is 4.72. The van der Waals surface area contributed by atoms with E-state index in [0.717, 1.165) is 18.6 Å². The van der Waals surface area contributed by atoms with Gasteiger partial charge in [0.15, 0.2) is 5.75 Å². The molecule has 118 valence electrons. The lowest BCUT2D eigenvalue weighted by Crippen LogP contribution is -2.08. The van der Waals surface area contributed by atoms with Crippen LogP contribution >= 0.6 is 0 Å². The molecule has 0 aliphatic rings. The molecular weight excluding hydrogens is 284 g/mol. The van der Waals surface area contributed by atoms with Crippen molar-refractivity contribution in [3.8, 4) is 17.2 Å². The summed E-state index contributed by atoms with van der Waals surface area (Å²) in [7, 11) is 0. The Kier molecular flexibility index (Phi) is 5.41. The van der Waals surface area contributed by atoms with Gasteiger partial charge in [-0.15, -0.1) is 0 Å². The van der Waals surface area contributed by atoms with Crippen LogP contribution in [-0.2, 0) is 4.74 Å². The number of hydrogen-bond donors (Lipinski definition) is 1. The van der Waals surface area contributed by atoms with Gasteiger partial charge in [-0.05, 0) is 37.6 Å².